The average molecular weight is 584 g/mol. The molecule has 11 heteroatoms. The molecule has 0 unspecified atom stereocenters. The molecule has 1 aliphatic heterocycles. The lowest BCUT2D eigenvalue weighted by Gasteiger charge is -2.29. The number of carbonyl (C=O) groups is 2. The van der Waals surface area contributed by atoms with Crippen molar-refractivity contribution in [3.8, 4) is 5.75 Å². The third-order valence-electron chi connectivity index (χ3n) is 7.30. The van der Waals surface area contributed by atoms with Crippen molar-refractivity contribution in [1.29, 1.82) is 0 Å². The summed E-state index contributed by atoms with van der Waals surface area (Å²) >= 11 is 1.44. The van der Waals surface area contributed by atoms with E-state index in [0.29, 0.717) is 35.2 Å². The predicted molar refractivity (Wildman–Crippen MR) is 170 cm³/mol. The van der Waals surface area contributed by atoms with Gasteiger partial charge in [-0.3, -0.25) is 14.6 Å². The van der Waals surface area contributed by atoms with Crippen LogP contribution in [0.3, 0.4) is 0 Å². The number of likely N-dealkylation sites (tertiary alicyclic amines) is 1. The number of nitrogens with zero attached hydrogens (tertiary/aromatic N) is 2. The molecule has 2 aromatic rings. The highest BCUT2D eigenvalue weighted by Crippen LogP contribution is 2.39. The monoisotopic (exact) mass is 583 g/mol. The van der Waals surface area contributed by atoms with Gasteiger partial charge >= 0.3 is 0 Å². The zero-order valence-corrected chi connectivity index (χ0v) is 26.1. The Hall–Kier alpha value is -3.41. The summed E-state index contributed by atoms with van der Waals surface area (Å²) in [7, 11) is 3.68. The van der Waals surface area contributed by atoms with Crippen LogP contribution in [-0.2, 0) is 10.2 Å². The Kier molecular flexibility index (Phi) is 10.9. The number of carbonyl (C=O) groups excluding carboxylic acids is 2. The number of aryl methyl sites for hydroxylation is 1. The van der Waals surface area contributed by atoms with E-state index in [0.717, 1.165) is 42.7 Å². The topological polar surface area (TPSA) is 138 Å². The highest BCUT2D eigenvalue weighted by Gasteiger charge is 2.22. The fourth-order valence-corrected chi connectivity index (χ4v) is 5.04. The Morgan fingerprint density at radius 1 is 1.17 bits per heavy atom. The minimum absolute atomic E-state index is 0.00719. The summed E-state index contributed by atoms with van der Waals surface area (Å²) in [4.78, 5) is 28.3. The molecule has 41 heavy (non-hydrogen) atoms. The second kappa shape index (κ2) is 14.0. The van der Waals surface area contributed by atoms with E-state index in [1.165, 1.54) is 23.2 Å². The fourth-order valence-electron chi connectivity index (χ4n) is 4.67. The largest absolute Gasteiger partial charge is 0.492 e. The van der Waals surface area contributed by atoms with Gasteiger partial charge in [0.2, 0.25) is 0 Å². The first-order valence-corrected chi connectivity index (χ1v) is 15.0. The molecule has 1 saturated heterocycles. The van der Waals surface area contributed by atoms with Crippen LogP contribution in [0.15, 0.2) is 42.2 Å². The van der Waals surface area contributed by atoms with Gasteiger partial charge in [-0.05, 0) is 86.6 Å². The van der Waals surface area contributed by atoms with E-state index < -0.39 is 0 Å². The molecule has 0 bridgehead atoms. The van der Waals surface area contributed by atoms with Crippen LogP contribution < -0.4 is 36.7 Å². The van der Waals surface area contributed by atoms with E-state index in [9.17, 15) is 9.59 Å². The Balaban J connectivity index is 1.78. The van der Waals surface area contributed by atoms with Crippen LogP contribution in [0, 0.1) is 12.8 Å². The van der Waals surface area contributed by atoms with Crippen molar-refractivity contribution < 1.29 is 14.3 Å². The van der Waals surface area contributed by atoms with Crippen LogP contribution >= 0.6 is 11.9 Å². The van der Waals surface area contributed by atoms with Crippen LogP contribution in [0.5, 0.6) is 5.75 Å². The molecule has 2 amide bonds. The highest BCUT2D eigenvalue weighted by atomic mass is 32.2. The zero-order chi connectivity index (χ0) is 30.3. The van der Waals surface area contributed by atoms with Gasteiger partial charge in [-0.15, -0.1) is 0 Å². The highest BCUT2D eigenvalue weighted by molar-refractivity contribution is 7.99. The van der Waals surface area contributed by atoms with Crippen molar-refractivity contribution in [3.05, 3.63) is 58.9 Å². The number of nitrogens with two attached hydrogens (primary N) is 2. The van der Waals surface area contributed by atoms with E-state index in [1.807, 2.05) is 25.3 Å². The number of ether oxygens (including phenoxy) is 1. The van der Waals surface area contributed by atoms with E-state index in [2.05, 4.69) is 48.1 Å². The molecule has 1 heterocycles. The fraction of sp³-hybridized carbons (Fsp3) is 0.467. The van der Waals surface area contributed by atoms with Crippen LogP contribution in [0.2, 0.25) is 0 Å². The first kappa shape index (κ1) is 32.1. The first-order valence-electron chi connectivity index (χ1n) is 13.8. The normalized spacial score (nSPS) is 14.9. The standard InChI is InChI=1S/C30H45N7O3S/c1-19-8-9-21(28(38)34-24-15-22(30(2,3)4)16-25(35-41-7)27(24)40-6)14-26(19)37(32)18-23(31)29(39)33-17-20-10-12-36(5)13-11-20/h8-9,14-16,18,20,35H,10-13,17,31-32H2,1-7H3,(H,33,39)(H,34,38)/b23-18-. The van der Waals surface area contributed by atoms with Crippen molar-refractivity contribution in [3.63, 3.8) is 0 Å². The molecule has 224 valence electrons. The number of hydrazine groups is 1. The second-order valence-corrected chi connectivity index (χ2v) is 12.2. The second-order valence-electron chi connectivity index (χ2n) is 11.6. The lowest BCUT2D eigenvalue weighted by atomic mass is 9.86. The Morgan fingerprint density at radius 2 is 1.83 bits per heavy atom. The van der Waals surface area contributed by atoms with Gasteiger partial charge in [0.05, 0.1) is 24.2 Å². The van der Waals surface area contributed by atoms with Crippen LogP contribution in [0.25, 0.3) is 0 Å². The number of rotatable bonds is 10. The molecular formula is C30H45N7O3S. The summed E-state index contributed by atoms with van der Waals surface area (Å²) < 4.78 is 8.91. The van der Waals surface area contributed by atoms with E-state index in [-0.39, 0.29) is 22.9 Å². The summed E-state index contributed by atoms with van der Waals surface area (Å²) in [5, 5.41) is 7.20. The summed E-state index contributed by atoms with van der Waals surface area (Å²) in [6.45, 7) is 10.8. The molecule has 3 rings (SSSR count). The predicted octanol–water partition coefficient (Wildman–Crippen LogP) is 4.18. The Morgan fingerprint density at radius 3 is 2.44 bits per heavy atom. The van der Waals surface area contributed by atoms with Crippen molar-refractivity contribution in [2.45, 2.75) is 46.0 Å². The summed E-state index contributed by atoms with van der Waals surface area (Å²) in [6.07, 6.45) is 5.39. The lowest BCUT2D eigenvalue weighted by Crippen LogP contribution is -2.39. The number of hydrogen-bond acceptors (Lipinski definition) is 9. The number of anilines is 3. The van der Waals surface area contributed by atoms with Crippen LogP contribution in [0.4, 0.5) is 17.1 Å². The number of methoxy groups -OCH3 is 1. The molecule has 0 spiro atoms. The third kappa shape index (κ3) is 8.54. The molecule has 0 saturated carbocycles. The van der Waals surface area contributed by atoms with E-state index in [1.54, 1.807) is 25.3 Å². The van der Waals surface area contributed by atoms with Crippen molar-refractivity contribution in [2.24, 2.45) is 17.5 Å². The van der Waals surface area contributed by atoms with Crippen LogP contribution in [-0.4, -0.2) is 56.8 Å². The molecule has 0 radical (unpaired) electrons. The number of amides is 2. The molecular weight excluding hydrogens is 538 g/mol. The van der Waals surface area contributed by atoms with Gasteiger partial charge in [0.25, 0.3) is 11.8 Å². The van der Waals surface area contributed by atoms with Gasteiger partial charge in [-0.1, -0.05) is 38.8 Å². The third-order valence-corrected chi connectivity index (χ3v) is 7.72. The minimum Gasteiger partial charge on any atom is -0.492 e. The molecule has 2 aromatic carbocycles. The Bertz CT molecular complexity index is 1270. The lowest BCUT2D eigenvalue weighted by molar-refractivity contribution is -0.117. The van der Waals surface area contributed by atoms with Crippen LogP contribution in [0.1, 0.15) is 55.1 Å². The molecule has 0 aliphatic carbocycles. The smallest absolute Gasteiger partial charge is 0.268 e. The van der Waals surface area contributed by atoms with Gasteiger partial charge in [0.15, 0.2) is 5.75 Å². The van der Waals surface area contributed by atoms with Crippen molar-refractivity contribution in [1.82, 2.24) is 10.2 Å². The summed E-state index contributed by atoms with van der Waals surface area (Å²) in [6, 6.07) is 9.16. The van der Waals surface area contributed by atoms with E-state index >= 15 is 0 Å². The maximum Gasteiger partial charge on any atom is 0.268 e. The van der Waals surface area contributed by atoms with Gasteiger partial charge in [0.1, 0.15) is 5.70 Å². The van der Waals surface area contributed by atoms with Gasteiger partial charge in [-0.25, -0.2) is 5.84 Å². The van der Waals surface area contributed by atoms with Crippen molar-refractivity contribution >= 4 is 40.8 Å². The first-order chi connectivity index (χ1) is 19.3. The number of benzene rings is 2. The van der Waals surface area contributed by atoms with Crippen molar-refractivity contribution in [2.75, 3.05) is 55.1 Å². The number of piperidine rings is 1. The molecule has 1 fully saturated rings. The summed E-state index contributed by atoms with van der Waals surface area (Å²) in [5.74, 6) is 6.58. The van der Waals surface area contributed by atoms with E-state index in [4.69, 9.17) is 16.3 Å². The SMILES string of the molecule is COc1c(NSC)cc(C(C)(C)C)cc1NC(=O)c1ccc(C)c(N(N)/C=C(\N)C(=O)NCC2CCN(C)CC2)c1. The van der Waals surface area contributed by atoms with Gasteiger partial charge < -0.3 is 30.7 Å². The number of nitrogens with one attached hydrogen (secondary N) is 3. The maximum absolute atomic E-state index is 13.4. The summed E-state index contributed by atoms with van der Waals surface area (Å²) in [5.41, 5.74) is 10.0. The molecule has 0 atom stereocenters. The molecule has 7 N–H and O–H groups in total. The van der Waals surface area contributed by atoms with Gasteiger partial charge in [-0.2, -0.15) is 0 Å². The molecule has 10 nitrogen and oxygen atoms in total. The van der Waals surface area contributed by atoms with Gasteiger partial charge in [0, 0.05) is 24.6 Å². The minimum atomic E-state index is -0.369. The molecule has 1 aliphatic rings. The number of hydrogen-bond donors (Lipinski definition) is 5. The molecule has 0 aromatic heterocycles. The Labute approximate surface area is 248 Å². The average Bonchev–Trinajstić information content (AvgIpc) is 2.92. The maximum atomic E-state index is 13.4. The zero-order valence-electron chi connectivity index (χ0n) is 25.3. The quantitative estimate of drug-likeness (QED) is 0.121.